The van der Waals surface area contributed by atoms with Crippen molar-refractivity contribution >= 4 is 6.29 Å². The van der Waals surface area contributed by atoms with Gasteiger partial charge in [-0.3, -0.25) is 4.98 Å². The van der Waals surface area contributed by atoms with Crippen LogP contribution in [0.4, 0.5) is 0 Å². The van der Waals surface area contributed by atoms with Gasteiger partial charge in [-0.05, 0) is 50.2 Å². The molecule has 0 saturated carbocycles. The van der Waals surface area contributed by atoms with Crippen molar-refractivity contribution in [1.82, 2.24) is 4.98 Å². The Balaban J connectivity index is 2.03. The van der Waals surface area contributed by atoms with E-state index in [4.69, 9.17) is 0 Å². The minimum atomic E-state index is 0.652. The fourth-order valence-electron chi connectivity index (χ4n) is 2.13. The average molecular weight is 203 g/mol. The van der Waals surface area contributed by atoms with Gasteiger partial charge < -0.3 is 4.79 Å². The molecule has 0 N–H and O–H groups in total. The van der Waals surface area contributed by atoms with Crippen LogP contribution in [0.15, 0.2) is 12.1 Å². The SMILES string of the molecule is O=CCCCc1ccc2c(n1)CCCC2. The quantitative estimate of drug-likeness (QED) is 0.556. The Kier molecular flexibility index (Phi) is 3.49. The highest BCUT2D eigenvalue weighted by Gasteiger charge is 2.10. The van der Waals surface area contributed by atoms with E-state index in [0.29, 0.717) is 6.42 Å². The lowest BCUT2D eigenvalue weighted by Gasteiger charge is -2.15. The van der Waals surface area contributed by atoms with E-state index < -0.39 is 0 Å². The Morgan fingerprint density at radius 2 is 2.13 bits per heavy atom. The molecule has 1 aromatic rings. The number of pyridine rings is 1. The number of aldehydes is 1. The molecule has 0 saturated heterocycles. The predicted octanol–water partition coefficient (Wildman–Crippen LogP) is 2.48. The van der Waals surface area contributed by atoms with Gasteiger partial charge in [0.1, 0.15) is 6.29 Å². The monoisotopic (exact) mass is 203 g/mol. The van der Waals surface area contributed by atoms with Crippen LogP contribution in [0.25, 0.3) is 0 Å². The number of aryl methyl sites for hydroxylation is 3. The molecule has 0 amide bonds. The Hall–Kier alpha value is -1.18. The van der Waals surface area contributed by atoms with Crippen LogP contribution in [-0.4, -0.2) is 11.3 Å². The van der Waals surface area contributed by atoms with Crippen LogP contribution in [0, 0.1) is 0 Å². The second kappa shape index (κ2) is 5.06. The minimum absolute atomic E-state index is 0.652. The van der Waals surface area contributed by atoms with Crippen LogP contribution in [0.1, 0.15) is 42.6 Å². The van der Waals surface area contributed by atoms with Crippen molar-refractivity contribution in [2.24, 2.45) is 0 Å². The first-order chi connectivity index (χ1) is 7.40. The van der Waals surface area contributed by atoms with Gasteiger partial charge in [-0.25, -0.2) is 0 Å². The minimum Gasteiger partial charge on any atom is -0.303 e. The second-order valence-electron chi connectivity index (χ2n) is 4.17. The van der Waals surface area contributed by atoms with Crippen LogP contribution in [0.2, 0.25) is 0 Å². The Labute approximate surface area is 90.7 Å². The zero-order valence-electron chi connectivity index (χ0n) is 9.04. The van der Waals surface area contributed by atoms with Crippen LogP contribution in [-0.2, 0) is 24.1 Å². The molecular weight excluding hydrogens is 186 g/mol. The molecule has 80 valence electrons. The third-order valence-corrected chi connectivity index (χ3v) is 2.99. The van der Waals surface area contributed by atoms with E-state index in [1.807, 2.05) is 0 Å². The maximum absolute atomic E-state index is 10.2. The normalized spacial score (nSPS) is 14.7. The highest BCUT2D eigenvalue weighted by Crippen LogP contribution is 2.19. The number of unbranched alkanes of at least 4 members (excludes halogenated alkanes) is 1. The Bertz CT molecular complexity index is 346. The molecule has 0 fully saturated rings. The van der Waals surface area contributed by atoms with E-state index in [9.17, 15) is 4.79 Å². The first-order valence-electron chi connectivity index (χ1n) is 5.81. The van der Waals surface area contributed by atoms with Crippen molar-refractivity contribution < 1.29 is 4.79 Å². The largest absolute Gasteiger partial charge is 0.303 e. The van der Waals surface area contributed by atoms with Crippen molar-refractivity contribution in [3.05, 3.63) is 29.1 Å². The van der Waals surface area contributed by atoms with Gasteiger partial charge >= 0.3 is 0 Å². The van der Waals surface area contributed by atoms with Gasteiger partial charge in [0.2, 0.25) is 0 Å². The first-order valence-corrected chi connectivity index (χ1v) is 5.81. The number of aromatic nitrogens is 1. The van der Waals surface area contributed by atoms with Gasteiger partial charge in [0.05, 0.1) is 0 Å². The summed E-state index contributed by atoms with van der Waals surface area (Å²) in [7, 11) is 0. The molecule has 0 spiro atoms. The fourth-order valence-corrected chi connectivity index (χ4v) is 2.13. The third-order valence-electron chi connectivity index (χ3n) is 2.99. The van der Waals surface area contributed by atoms with E-state index in [0.717, 1.165) is 31.2 Å². The summed E-state index contributed by atoms with van der Waals surface area (Å²) in [5.74, 6) is 0. The topological polar surface area (TPSA) is 30.0 Å². The Morgan fingerprint density at radius 3 is 3.00 bits per heavy atom. The Morgan fingerprint density at radius 1 is 1.27 bits per heavy atom. The van der Waals surface area contributed by atoms with Crippen molar-refractivity contribution in [2.45, 2.75) is 44.9 Å². The summed E-state index contributed by atoms with van der Waals surface area (Å²) >= 11 is 0. The first kappa shape index (κ1) is 10.3. The van der Waals surface area contributed by atoms with Crippen molar-refractivity contribution in [1.29, 1.82) is 0 Å². The highest BCUT2D eigenvalue weighted by molar-refractivity contribution is 5.49. The number of carbonyl (C=O) groups excluding carboxylic acids is 1. The van der Waals surface area contributed by atoms with Gasteiger partial charge in [-0.1, -0.05) is 6.07 Å². The fraction of sp³-hybridized carbons (Fsp3) is 0.538. The van der Waals surface area contributed by atoms with E-state index >= 15 is 0 Å². The summed E-state index contributed by atoms with van der Waals surface area (Å²) in [6.07, 6.45) is 8.41. The van der Waals surface area contributed by atoms with E-state index in [-0.39, 0.29) is 0 Å². The maximum atomic E-state index is 10.2. The van der Waals surface area contributed by atoms with E-state index in [2.05, 4.69) is 17.1 Å². The lowest BCUT2D eigenvalue weighted by molar-refractivity contribution is -0.107. The lowest BCUT2D eigenvalue weighted by atomic mass is 9.95. The molecular formula is C13H17NO. The number of rotatable bonds is 4. The molecule has 2 rings (SSSR count). The van der Waals surface area contributed by atoms with Gasteiger partial charge in [-0.15, -0.1) is 0 Å². The molecule has 0 bridgehead atoms. The molecule has 0 atom stereocenters. The zero-order valence-corrected chi connectivity index (χ0v) is 9.04. The van der Waals surface area contributed by atoms with Crippen LogP contribution in [0.5, 0.6) is 0 Å². The molecule has 1 aliphatic rings. The molecule has 1 aliphatic carbocycles. The number of hydrogen-bond acceptors (Lipinski definition) is 2. The van der Waals surface area contributed by atoms with Crippen LogP contribution in [0.3, 0.4) is 0 Å². The molecule has 0 unspecified atom stereocenters. The summed E-state index contributed by atoms with van der Waals surface area (Å²) < 4.78 is 0. The second-order valence-corrected chi connectivity index (χ2v) is 4.17. The van der Waals surface area contributed by atoms with Crippen molar-refractivity contribution in [3.63, 3.8) is 0 Å². The maximum Gasteiger partial charge on any atom is 0.120 e. The van der Waals surface area contributed by atoms with Gasteiger partial charge in [0.15, 0.2) is 0 Å². The molecule has 1 heterocycles. The van der Waals surface area contributed by atoms with Crippen molar-refractivity contribution in [3.8, 4) is 0 Å². The summed E-state index contributed by atoms with van der Waals surface area (Å²) in [4.78, 5) is 14.9. The standard InChI is InChI=1S/C13H17NO/c15-10-4-3-6-12-9-8-11-5-1-2-7-13(11)14-12/h8-10H,1-7H2. The molecule has 1 aromatic heterocycles. The molecule has 2 heteroatoms. The molecule has 0 aliphatic heterocycles. The van der Waals surface area contributed by atoms with Crippen molar-refractivity contribution in [2.75, 3.05) is 0 Å². The molecule has 0 aromatic carbocycles. The predicted molar refractivity (Wildman–Crippen MR) is 59.9 cm³/mol. The lowest BCUT2D eigenvalue weighted by Crippen LogP contribution is -2.06. The van der Waals surface area contributed by atoms with Gasteiger partial charge in [0.25, 0.3) is 0 Å². The van der Waals surface area contributed by atoms with Gasteiger partial charge in [-0.2, -0.15) is 0 Å². The highest BCUT2D eigenvalue weighted by atomic mass is 16.1. The number of fused-ring (bicyclic) bond motifs is 1. The number of hydrogen-bond donors (Lipinski definition) is 0. The van der Waals surface area contributed by atoms with E-state index in [1.165, 1.54) is 30.5 Å². The summed E-state index contributed by atoms with van der Waals surface area (Å²) in [6.45, 7) is 0. The average Bonchev–Trinajstić information content (AvgIpc) is 2.29. The summed E-state index contributed by atoms with van der Waals surface area (Å²) in [5, 5.41) is 0. The van der Waals surface area contributed by atoms with Crippen LogP contribution >= 0.6 is 0 Å². The number of carbonyl (C=O) groups is 1. The zero-order chi connectivity index (χ0) is 10.5. The van der Waals surface area contributed by atoms with Gasteiger partial charge in [0, 0.05) is 17.8 Å². The molecule has 15 heavy (non-hydrogen) atoms. The third kappa shape index (κ3) is 2.65. The van der Waals surface area contributed by atoms with E-state index in [1.54, 1.807) is 0 Å². The molecule has 2 nitrogen and oxygen atoms in total. The molecule has 0 radical (unpaired) electrons. The summed E-state index contributed by atoms with van der Waals surface area (Å²) in [5.41, 5.74) is 3.88. The number of nitrogens with zero attached hydrogens (tertiary/aromatic N) is 1. The smallest absolute Gasteiger partial charge is 0.120 e. The summed E-state index contributed by atoms with van der Waals surface area (Å²) in [6, 6.07) is 4.34. The van der Waals surface area contributed by atoms with Crippen LogP contribution < -0.4 is 0 Å².